The van der Waals surface area contributed by atoms with Gasteiger partial charge in [0.25, 0.3) is 11.6 Å². The van der Waals surface area contributed by atoms with Crippen molar-refractivity contribution in [2.45, 2.75) is 32.2 Å². The molecule has 2 fully saturated rings. The van der Waals surface area contributed by atoms with Gasteiger partial charge in [-0.2, -0.15) is 0 Å². The number of benzene rings is 1. The zero-order valence-electron chi connectivity index (χ0n) is 17.1. The van der Waals surface area contributed by atoms with Crippen molar-refractivity contribution in [2.24, 2.45) is 5.92 Å². The summed E-state index contributed by atoms with van der Waals surface area (Å²) in [6.07, 6.45) is 4.28. The third-order valence-corrected chi connectivity index (χ3v) is 6.96. The number of nitrogens with one attached hydrogen (secondary N) is 1. The first-order valence-electron chi connectivity index (χ1n) is 10.7. The Hall–Kier alpha value is -2.45. The van der Waals surface area contributed by atoms with E-state index in [-0.39, 0.29) is 11.6 Å². The van der Waals surface area contributed by atoms with E-state index in [1.54, 1.807) is 17.4 Å². The number of likely N-dealkylation sites (tertiary alicyclic amines) is 1. The van der Waals surface area contributed by atoms with E-state index >= 15 is 0 Å². The number of rotatable bonds is 7. The number of piperidine rings is 1. The average Bonchev–Trinajstić information content (AvgIpc) is 3.47. The second-order valence-electron chi connectivity index (χ2n) is 8.16. The Morgan fingerprint density at radius 2 is 1.93 bits per heavy atom. The van der Waals surface area contributed by atoms with Gasteiger partial charge in [-0.25, -0.2) is 0 Å². The fourth-order valence-corrected chi connectivity index (χ4v) is 5.10. The summed E-state index contributed by atoms with van der Waals surface area (Å²) in [6, 6.07) is 8.91. The highest BCUT2D eigenvalue weighted by molar-refractivity contribution is 7.09. The molecule has 2 aromatic rings. The zero-order valence-corrected chi connectivity index (χ0v) is 17.9. The first-order chi connectivity index (χ1) is 14.6. The molecule has 0 atom stereocenters. The zero-order chi connectivity index (χ0) is 20.9. The van der Waals surface area contributed by atoms with Crippen molar-refractivity contribution in [3.8, 4) is 0 Å². The second-order valence-corrected chi connectivity index (χ2v) is 9.19. The van der Waals surface area contributed by atoms with Crippen LogP contribution in [0.3, 0.4) is 0 Å². The van der Waals surface area contributed by atoms with Crippen LogP contribution in [-0.2, 0) is 6.54 Å². The standard InChI is InChI=1S/C22H28N4O3S/c27-22(20-14-18(26(28)29)5-6-21(20)25-9-1-2-10-25)23-15-17-7-11-24(12-8-17)16-19-4-3-13-30-19/h3-6,13-14,17H,1-2,7-12,15-16H2,(H,23,27). The van der Waals surface area contributed by atoms with E-state index in [4.69, 9.17) is 0 Å². The summed E-state index contributed by atoms with van der Waals surface area (Å²) < 4.78 is 0. The number of hydrogen-bond donors (Lipinski definition) is 1. The summed E-state index contributed by atoms with van der Waals surface area (Å²) >= 11 is 1.79. The Bertz CT molecular complexity index is 873. The van der Waals surface area contributed by atoms with E-state index < -0.39 is 4.92 Å². The highest BCUT2D eigenvalue weighted by Crippen LogP contribution is 2.28. The molecule has 160 valence electrons. The van der Waals surface area contributed by atoms with Gasteiger partial charge in [-0.05, 0) is 62.2 Å². The van der Waals surface area contributed by atoms with Crippen LogP contribution in [0.25, 0.3) is 0 Å². The average molecular weight is 429 g/mol. The van der Waals surface area contributed by atoms with Gasteiger partial charge >= 0.3 is 0 Å². The van der Waals surface area contributed by atoms with Crippen molar-refractivity contribution < 1.29 is 9.72 Å². The van der Waals surface area contributed by atoms with E-state index in [0.717, 1.165) is 64.1 Å². The molecule has 1 aromatic heterocycles. The monoisotopic (exact) mass is 428 g/mol. The lowest BCUT2D eigenvalue weighted by Crippen LogP contribution is -2.38. The molecule has 7 nitrogen and oxygen atoms in total. The maximum absolute atomic E-state index is 12.9. The number of non-ortho nitro benzene ring substituents is 1. The predicted octanol–water partition coefficient (Wildman–Crippen LogP) is 3.90. The van der Waals surface area contributed by atoms with Crippen LogP contribution in [0.2, 0.25) is 0 Å². The number of nitro benzene ring substituents is 1. The maximum atomic E-state index is 12.9. The van der Waals surface area contributed by atoms with Gasteiger partial charge in [0.1, 0.15) is 0 Å². The van der Waals surface area contributed by atoms with E-state index in [2.05, 4.69) is 32.6 Å². The molecular weight excluding hydrogens is 400 g/mol. The van der Waals surface area contributed by atoms with Crippen LogP contribution in [-0.4, -0.2) is 48.5 Å². The number of nitro groups is 1. The molecule has 30 heavy (non-hydrogen) atoms. The third-order valence-electron chi connectivity index (χ3n) is 6.10. The summed E-state index contributed by atoms with van der Waals surface area (Å²) in [5.74, 6) is 0.240. The highest BCUT2D eigenvalue weighted by atomic mass is 32.1. The van der Waals surface area contributed by atoms with Crippen molar-refractivity contribution in [2.75, 3.05) is 37.6 Å². The fourth-order valence-electron chi connectivity index (χ4n) is 4.36. The van der Waals surface area contributed by atoms with Crippen molar-refractivity contribution in [1.82, 2.24) is 10.2 Å². The van der Waals surface area contributed by atoms with Crippen LogP contribution in [0.5, 0.6) is 0 Å². The number of carbonyl (C=O) groups is 1. The van der Waals surface area contributed by atoms with Crippen LogP contribution in [0.1, 0.15) is 40.9 Å². The highest BCUT2D eigenvalue weighted by Gasteiger charge is 2.24. The van der Waals surface area contributed by atoms with Crippen molar-refractivity contribution in [1.29, 1.82) is 0 Å². The quantitative estimate of drug-likeness (QED) is 0.535. The second kappa shape index (κ2) is 9.57. The van der Waals surface area contributed by atoms with Crippen LogP contribution in [0.15, 0.2) is 35.7 Å². The van der Waals surface area contributed by atoms with Gasteiger partial charge in [0, 0.05) is 43.2 Å². The summed E-state index contributed by atoms with van der Waals surface area (Å²) in [7, 11) is 0. The number of carbonyl (C=O) groups excluding carboxylic acids is 1. The van der Waals surface area contributed by atoms with Gasteiger partial charge in [-0.1, -0.05) is 6.07 Å². The number of anilines is 1. The molecule has 1 N–H and O–H groups in total. The third kappa shape index (κ3) is 4.99. The molecule has 0 saturated carbocycles. The van der Waals surface area contributed by atoms with Gasteiger partial charge < -0.3 is 10.2 Å². The number of amides is 1. The van der Waals surface area contributed by atoms with Gasteiger partial charge in [-0.15, -0.1) is 11.3 Å². The molecule has 1 aromatic carbocycles. The normalized spacial score (nSPS) is 17.9. The van der Waals surface area contributed by atoms with Crippen LogP contribution in [0.4, 0.5) is 11.4 Å². The molecule has 0 spiro atoms. The molecule has 3 heterocycles. The maximum Gasteiger partial charge on any atom is 0.270 e. The number of thiophene rings is 1. The first-order valence-corrected chi connectivity index (χ1v) is 11.5. The molecule has 4 rings (SSSR count). The molecule has 0 radical (unpaired) electrons. The minimum atomic E-state index is -0.437. The minimum absolute atomic E-state index is 0.0371. The molecule has 0 unspecified atom stereocenters. The molecule has 0 bridgehead atoms. The Labute approximate surface area is 180 Å². The predicted molar refractivity (Wildman–Crippen MR) is 119 cm³/mol. The van der Waals surface area contributed by atoms with Crippen LogP contribution < -0.4 is 10.2 Å². The summed E-state index contributed by atoms with van der Waals surface area (Å²) in [4.78, 5) is 29.7. The smallest absolute Gasteiger partial charge is 0.270 e. The minimum Gasteiger partial charge on any atom is -0.371 e. The molecule has 1 amide bonds. The SMILES string of the molecule is O=C(NCC1CCN(Cc2cccs2)CC1)c1cc([N+](=O)[O-])ccc1N1CCCC1. The molecule has 2 saturated heterocycles. The van der Waals surface area contributed by atoms with E-state index in [1.165, 1.54) is 17.0 Å². The molecule has 0 aliphatic carbocycles. The molecular formula is C22H28N4O3S. The van der Waals surface area contributed by atoms with Gasteiger partial charge in [0.15, 0.2) is 0 Å². The first kappa shape index (κ1) is 20.8. The Balaban J connectivity index is 1.34. The van der Waals surface area contributed by atoms with Crippen molar-refractivity contribution in [3.63, 3.8) is 0 Å². The van der Waals surface area contributed by atoms with E-state index in [9.17, 15) is 14.9 Å². The molecule has 2 aliphatic heterocycles. The Morgan fingerprint density at radius 1 is 1.17 bits per heavy atom. The number of nitrogens with zero attached hydrogens (tertiary/aromatic N) is 3. The summed E-state index contributed by atoms with van der Waals surface area (Å²) in [5, 5.41) is 16.4. The number of hydrogen-bond acceptors (Lipinski definition) is 6. The largest absolute Gasteiger partial charge is 0.371 e. The van der Waals surface area contributed by atoms with Crippen LogP contribution in [0, 0.1) is 16.0 Å². The lowest BCUT2D eigenvalue weighted by atomic mass is 9.96. The van der Waals surface area contributed by atoms with Gasteiger partial charge in [0.05, 0.1) is 16.2 Å². The lowest BCUT2D eigenvalue weighted by molar-refractivity contribution is -0.384. The van der Waals surface area contributed by atoms with Gasteiger partial charge in [-0.3, -0.25) is 19.8 Å². The fraction of sp³-hybridized carbons (Fsp3) is 0.500. The topological polar surface area (TPSA) is 78.7 Å². The molecule has 2 aliphatic rings. The summed E-state index contributed by atoms with van der Waals surface area (Å²) in [5.41, 5.74) is 1.19. The van der Waals surface area contributed by atoms with E-state index in [0.29, 0.717) is 18.0 Å². The lowest BCUT2D eigenvalue weighted by Gasteiger charge is -2.31. The van der Waals surface area contributed by atoms with Gasteiger partial charge in [0.2, 0.25) is 0 Å². The van der Waals surface area contributed by atoms with E-state index in [1.807, 2.05) is 0 Å². The van der Waals surface area contributed by atoms with Crippen LogP contribution >= 0.6 is 11.3 Å². The Morgan fingerprint density at radius 3 is 2.60 bits per heavy atom. The van der Waals surface area contributed by atoms with Crippen molar-refractivity contribution >= 4 is 28.6 Å². The molecule has 8 heteroatoms. The summed E-state index contributed by atoms with van der Waals surface area (Å²) in [6.45, 7) is 5.47. The Kier molecular flexibility index (Phi) is 6.64. The van der Waals surface area contributed by atoms with Crippen molar-refractivity contribution in [3.05, 3.63) is 56.3 Å².